The third-order valence-corrected chi connectivity index (χ3v) is 3.81. The summed E-state index contributed by atoms with van der Waals surface area (Å²) in [5.41, 5.74) is 1.23. The highest BCUT2D eigenvalue weighted by atomic mass is 32.1. The highest BCUT2D eigenvalue weighted by Crippen LogP contribution is 2.10. The molecule has 0 amide bonds. The lowest BCUT2D eigenvalue weighted by Crippen LogP contribution is -2.53. The molecule has 0 saturated carbocycles. The summed E-state index contributed by atoms with van der Waals surface area (Å²) in [6, 6.07) is 11.0. The van der Waals surface area contributed by atoms with Gasteiger partial charge in [-0.15, -0.1) is 0 Å². The van der Waals surface area contributed by atoms with Gasteiger partial charge in [-0.1, -0.05) is 30.3 Å². The molecule has 0 radical (unpaired) electrons. The SMILES string of the molecule is CC1CC(Cc2n[nH]c(Cc3ccccc3)n2)NC(=S)N1. The lowest BCUT2D eigenvalue weighted by atomic mass is 10.0. The fourth-order valence-corrected chi connectivity index (χ4v) is 3.01. The summed E-state index contributed by atoms with van der Waals surface area (Å²) in [6.45, 7) is 2.14. The molecule has 3 N–H and O–H groups in total. The summed E-state index contributed by atoms with van der Waals surface area (Å²) in [5, 5.41) is 14.6. The van der Waals surface area contributed by atoms with E-state index < -0.39 is 0 Å². The quantitative estimate of drug-likeness (QED) is 0.748. The van der Waals surface area contributed by atoms with Crippen LogP contribution in [-0.4, -0.2) is 32.4 Å². The third-order valence-electron chi connectivity index (χ3n) is 3.57. The summed E-state index contributed by atoms with van der Waals surface area (Å²) in [6.07, 6.45) is 2.59. The van der Waals surface area contributed by atoms with Crippen molar-refractivity contribution in [2.75, 3.05) is 0 Å². The Morgan fingerprint density at radius 3 is 2.81 bits per heavy atom. The normalized spacial score (nSPS) is 21.7. The van der Waals surface area contributed by atoms with Crippen LogP contribution in [0.2, 0.25) is 0 Å². The molecule has 1 aromatic heterocycles. The fraction of sp³-hybridized carbons (Fsp3) is 0.400. The van der Waals surface area contributed by atoms with E-state index >= 15 is 0 Å². The van der Waals surface area contributed by atoms with Gasteiger partial charge in [0.2, 0.25) is 0 Å². The van der Waals surface area contributed by atoms with Gasteiger partial charge in [-0.25, -0.2) is 4.98 Å². The molecule has 110 valence electrons. The van der Waals surface area contributed by atoms with Crippen molar-refractivity contribution >= 4 is 17.3 Å². The lowest BCUT2D eigenvalue weighted by Gasteiger charge is -2.30. The maximum absolute atomic E-state index is 5.20. The van der Waals surface area contributed by atoms with E-state index in [9.17, 15) is 0 Å². The molecular formula is C15H19N5S. The first kappa shape index (κ1) is 14.0. The van der Waals surface area contributed by atoms with E-state index in [4.69, 9.17) is 12.2 Å². The predicted molar refractivity (Wildman–Crippen MR) is 86.1 cm³/mol. The number of thiocarbonyl (C=S) groups is 1. The molecule has 2 atom stereocenters. The minimum absolute atomic E-state index is 0.300. The Labute approximate surface area is 129 Å². The first-order chi connectivity index (χ1) is 10.2. The van der Waals surface area contributed by atoms with E-state index in [1.54, 1.807) is 0 Å². The average molecular weight is 301 g/mol. The van der Waals surface area contributed by atoms with Gasteiger partial charge in [0.1, 0.15) is 5.82 Å². The molecule has 1 aliphatic heterocycles. The van der Waals surface area contributed by atoms with Crippen LogP contribution in [0.4, 0.5) is 0 Å². The minimum atomic E-state index is 0.300. The Morgan fingerprint density at radius 2 is 2.05 bits per heavy atom. The number of hydrogen-bond acceptors (Lipinski definition) is 3. The molecule has 2 heterocycles. The number of nitrogens with zero attached hydrogens (tertiary/aromatic N) is 2. The Balaban J connectivity index is 1.61. The third kappa shape index (κ3) is 3.78. The van der Waals surface area contributed by atoms with E-state index in [1.165, 1.54) is 5.56 Å². The van der Waals surface area contributed by atoms with E-state index in [0.29, 0.717) is 12.1 Å². The van der Waals surface area contributed by atoms with Gasteiger partial charge in [-0.05, 0) is 31.1 Å². The molecule has 0 spiro atoms. The summed E-state index contributed by atoms with van der Waals surface area (Å²) >= 11 is 5.20. The van der Waals surface area contributed by atoms with Crippen molar-refractivity contribution in [2.45, 2.75) is 38.3 Å². The van der Waals surface area contributed by atoms with Crippen molar-refractivity contribution in [1.29, 1.82) is 0 Å². The van der Waals surface area contributed by atoms with Gasteiger partial charge in [0.05, 0.1) is 0 Å². The molecule has 21 heavy (non-hydrogen) atoms. The largest absolute Gasteiger partial charge is 0.360 e. The standard InChI is InChI=1S/C15H19N5S/c1-10-7-12(17-15(21)16-10)9-14-18-13(19-20-14)8-11-5-3-2-4-6-11/h2-6,10,12H,7-9H2,1H3,(H2,16,17,21)(H,18,19,20). The summed E-state index contributed by atoms with van der Waals surface area (Å²) in [7, 11) is 0. The maximum Gasteiger partial charge on any atom is 0.166 e. The van der Waals surface area contributed by atoms with Crippen molar-refractivity contribution in [1.82, 2.24) is 25.8 Å². The van der Waals surface area contributed by atoms with Crippen LogP contribution in [0.15, 0.2) is 30.3 Å². The van der Waals surface area contributed by atoms with Gasteiger partial charge < -0.3 is 10.6 Å². The summed E-state index contributed by atoms with van der Waals surface area (Å²) in [4.78, 5) is 4.58. The number of rotatable bonds is 4. The van der Waals surface area contributed by atoms with E-state index in [2.05, 4.69) is 44.9 Å². The predicted octanol–water partition coefficient (Wildman–Crippen LogP) is 1.56. The van der Waals surface area contributed by atoms with Gasteiger partial charge in [0.25, 0.3) is 0 Å². The van der Waals surface area contributed by atoms with Crippen LogP contribution in [0.3, 0.4) is 0 Å². The molecule has 2 aromatic rings. The molecule has 6 heteroatoms. The second-order valence-electron chi connectivity index (χ2n) is 5.52. The minimum Gasteiger partial charge on any atom is -0.360 e. The summed E-state index contributed by atoms with van der Waals surface area (Å²) in [5.74, 6) is 1.75. The first-order valence-corrected chi connectivity index (χ1v) is 7.61. The monoisotopic (exact) mass is 301 g/mol. The summed E-state index contributed by atoms with van der Waals surface area (Å²) < 4.78 is 0. The number of benzene rings is 1. The van der Waals surface area contributed by atoms with Gasteiger partial charge in [-0.3, -0.25) is 5.10 Å². The van der Waals surface area contributed by atoms with E-state index in [1.807, 2.05) is 18.2 Å². The molecular weight excluding hydrogens is 282 g/mol. The Bertz CT molecular complexity index is 610. The first-order valence-electron chi connectivity index (χ1n) is 7.20. The number of H-pyrrole nitrogens is 1. The van der Waals surface area contributed by atoms with Gasteiger partial charge in [-0.2, -0.15) is 5.10 Å². The molecule has 1 aliphatic rings. The van der Waals surface area contributed by atoms with Crippen molar-refractivity contribution in [3.05, 3.63) is 47.5 Å². The van der Waals surface area contributed by atoms with Crippen molar-refractivity contribution in [3.8, 4) is 0 Å². The fourth-order valence-electron chi connectivity index (χ4n) is 2.64. The van der Waals surface area contributed by atoms with Gasteiger partial charge in [0.15, 0.2) is 10.9 Å². The molecule has 0 aliphatic carbocycles. The van der Waals surface area contributed by atoms with Crippen LogP contribution in [0.5, 0.6) is 0 Å². The molecule has 1 fully saturated rings. The zero-order valence-electron chi connectivity index (χ0n) is 12.0. The maximum atomic E-state index is 5.20. The average Bonchev–Trinajstić information content (AvgIpc) is 2.86. The van der Waals surface area contributed by atoms with Gasteiger partial charge >= 0.3 is 0 Å². The number of nitrogens with one attached hydrogen (secondary N) is 3. The number of aromatic nitrogens is 3. The van der Waals surface area contributed by atoms with Crippen LogP contribution in [-0.2, 0) is 12.8 Å². The smallest absolute Gasteiger partial charge is 0.166 e. The number of hydrogen-bond donors (Lipinski definition) is 3. The van der Waals surface area contributed by atoms with E-state index in [-0.39, 0.29) is 0 Å². The van der Waals surface area contributed by atoms with Gasteiger partial charge in [0, 0.05) is 24.9 Å². The second kappa shape index (κ2) is 6.22. The lowest BCUT2D eigenvalue weighted by molar-refractivity contribution is 0.435. The van der Waals surface area contributed by atoms with Crippen LogP contribution < -0.4 is 10.6 Å². The van der Waals surface area contributed by atoms with Crippen molar-refractivity contribution < 1.29 is 0 Å². The molecule has 1 saturated heterocycles. The van der Waals surface area contributed by atoms with Crippen molar-refractivity contribution in [3.63, 3.8) is 0 Å². The van der Waals surface area contributed by atoms with Crippen LogP contribution in [0.1, 0.15) is 30.6 Å². The molecule has 3 rings (SSSR count). The highest BCUT2D eigenvalue weighted by Gasteiger charge is 2.22. The molecule has 1 aromatic carbocycles. The van der Waals surface area contributed by atoms with E-state index in [0.717, 1.165) is 36.0 Å². The number of aromatic amines is 1. The highest BCUT2D eigenvalue weighted by molar-refractivity contribution is 7.80. The Hall–Kier alpha value is -1.95. The van der Waals surface area contributed by atoms with Crippen LogP contribution >= 0.6 is 12.2 Å². The zero-order chi connectivity index (χ0) is 14.7. The van der Waals surface area contributed by atoms with Crippen LogP contribution in [0.25, 0.3) is 0 Å². The Kier molecular flexibility index (Phi) is 4.15. The molecule has 0 bridgehead atoms. The zero-order valence-corrected chi connectivity index (χ0v) is 12.8. The Morgan fingerprint density at radius 1 is 1.24 bits per heavy atom. The van der Waals surface area contributed by atoms with Crippen LogP contribution in [0, 0.1) is 0 Å². The topological polar surface area (TPSA) is 65.6 Å². The molecule has 2 unspecified atom stereocenters. The molecule has 5 nitrogen and oxygen atoms in total. The van der Waals surface area contributed by atoms with Crippen molar-refractivity contribution in [2.24, 2.45) is 0 Å². The second-order valence-corrected chi connectivity index (χ2v) is 5.92.